The third-order valence-corrected chi connectivity index (χ3v) is 3.90. The van der Waals surface area contributed by atoms with E-state index in [1.165, 1.54) is 24.3 Å². The largest absolute Gasteiger partial charge is 0.398 e. The van der Waals surface area contributed by atoms with Crippen LogP contribution in [0.5, 0.6) is 0 Å². The Morgan fingerprint density at radius 2 is 2.00 bits per heavy atom. The third kappa shape index (κ3) is 3.74. The molecule has 1 unspecified atom stereocenters. The lowest BCUT2D eigenvalue weighted by Gasteiger charge is -2.11. The number of nitrogen functional groups attached to an aromatic ring is 1. The van der Waals surface area contributed by atoms with E-state index in [9.17, 15) is 8.78 Å². The van der Waals surface area contributed by atoms with E-state index in [2.05, 4.69) is 10.3 Å². The fourth-order valence-corrected chi connectivity index (χ4v) is 2.56. The Labute approximate surface area is 144 Å². The zero-order valence-corrected chi connectivity index (χ0v) is 13.7. The number of nitrogens with zero attached hydrogens (tertiary/aromatic N) is 1. The molecule has 0 amide bonds. The van der Waals surface area contributed by atoms with E-state index in [1.807, 2.05) is 6.92 Å². The van der Waals surface area contributed by atoms with Crippen molar-refractivity contribution in [1.82, 2.24) is 5.32 Å². The van der Waals surface area contributed by atoms with Crippen LogP contribution in [0.4, 0.5) is 14.5 Å². The number of hydrogen-bond donors (Lipinski definition) is 3. The van der Waals surface area contributed by atoms with Crippen LogP contribution in [0.1, 0.15) is 23.6 Å². The standard InChI is InChI=1S/C19H18F2N4/c1-11-10-24-19(25-11)14-8-15(18(23)9-16(14)21)17(22)7-4-12-2-5-13(20)6-3-12/h2-9,11,22H,10,23H2,1H3,(H,24,25)/b7-4+,22-17?. The zero-order chi connectivity index (χ0) is 18.0. The van der Waals surface area contributed by atoms with Crippen molar-refractivity contribution in [2.24, 2.45) is 4.99 Å². The minimum atomic E-state index is -0.475. The lowest BCUT2D eigenvalue weighted by molar-refractivity contribution is 0.624. The van der Waals surface area contributed by atoms with Crippen LogP contribution < -0.4 is 11.1 Å². The highest BCUT2D eigenvalue weighted by molar-refractivity contribution is 6.13. The van der Waals surface area contributed by atoms with Crippen LogP contribution in [0.2, 0.25) is 0 Å². The molecular weight excluding hydrogens is 322 g/mol. The quantitative estimate of drug-likeness (QED) is 0.590. The maximum Gasteiger partial charge on any atom is 0.136 e. The number of rotatable bonds is 4. The Bertz CT molecular complexity index is 870. The smallest absolute Gasteiger partial charge is 0.136 e. The van der Waals surface area contributed by atoms with Crippen molar-refractivity contribution in [3.05, 3.63) is 70.8 Å². The Morgan fingerprint density at radius 1 is 1.28 bits per heavy atom. The van der Waals surface area contributed by atoms with Crippen molar-refractivity contribution in [2.45, 2.75) is 13.0 Å². The second kappa shape index (κ2) is 6.84. The highest BCUT2D eigenvalue weighted by Crippen LogP contribution is 2.21. The van der Waals surface area contributed by atoms with Gasteiger partial charge in [-0.2, -0.15) is 0 Å². The topological polar surface area (TPSA) is 74.3 Å². The van der Waals surface area contributed by atoms with E-state index in [0.29, 0.717) is 23.5 Å². The van der Waals surface area contributed by atoms with E-state index >= 15 is 0 Å². The Balaban J connectivity index is 1.88. The summed E-state index contributed by atoms with van der Waals surface area (Å²) in [5, 5.41) is 11.3. The Hall–Kier alpha value is -3.02. The number of nitrogens with two attached hydrogens (primary N) is 1. The normalized spacial score (nSPS) is 16.8. The molecule has 0 aliphatic carbocycles. The summed E-state index contributed by atoms with van der Waals surface area (Å²) in [5.41, 5.74) is 7.67. The Morgan fingerprint density at radius 3 is 2.64 bits per heavy atom. The molecule has 6 heteroatoms. The number of amidine groups is 1. The van der Waals surface area contributed by atoms with Crippen LogP contribution in [0.15, 0.2) is 47.5 Å². The third-order valence-electron chi connectivity index (χ3n) is 3.90. The number of benzene rings is 2. The van der Waals surface area contributed by atoms with Crippen molar-refractivity contribution in [3.63, 3.8) is 0 Å². The summed E-state index contributed by atoms with van der Waals surface area (Å²) in [4.78, 5) is 4.28. The highest BCUT2D eigenvalue weighted by Gasteiger charge is 2.19. The van der Waals surface area contributed by atoms with Gasteiger partial charge in [-0.15, -0.1) is 0 Å². The first-order valence-corrected chi connectivity index (χ1v) is 7.87. The monoisotopic (exact) mass is 340 g/mol. The summed E-state index contributed by atoms with van der Waals surface area (Å²) in [6.07, 6.45) is 3.23. The molecular formula is C19H18F2N4. The molecule has 1 atom stereocenters. The molecule has 25 heavy (non-hydrogen) atoms. The van der Waals surface area contributed by atoms with Gasteiger partial charge in [0, 0.05) is 17.3 Å². The lowest BCUT2D eigenvalue weighted by Crippen LogP contribution is -2.28. The lowest BCUT2D eigenvalue weighted by atomic mass is 10.0. The molecule has 0 bridgehead atoms. The molecule has 128 valence electrons. The van der Waals surface area contributed by atoms with Crippen LogP contribution in [-0.4, -0.2) is 24.1 Å². The van der Waals surface area contributed by atoms with Gasteiger partial charge in [-0.3, -0.25) is 4.99 Å². The fraction of sp³-hybridized carbons (Fsp3) is 0.158. The average Bonchev–Trinajstić information content (AvgIpc) is 3.00. The van der Waals surface area contributed by atoms with Crippen LogP contribution >= 0.6 is 0 Å². The molecule has 0 fully saturated rings. The SMILES string of the molecule is CC1CN=C(c2cc(C(=N)/C=C/c3ccc(F)cc3)c(N)cc2F)N1. The molecule has 0 radical (unpaired) electrons. The van der Waals surface area contributed by atoms with Crippen LogP contribution in [0, 0.1) is 17.0 Å². The summed E-state index contributed by atoms with van der Waals surface area (Å²) < 4.78 is 27.2. The van der Waals surface area contributed by atoms with E-state index in [4.69, 9.17) is 11.1 Å². The van der Waals surface area contributed by atoms with Gasteiger partial charge in [0.1, 0.15) is 17.5 Å². The van der Waals surface area contributed by atoms with Crippen molar-refractivity contribution >= 4 is 23.3 Å². The number of allylic oxidation sites excluding steroid dienone is 1. The molecule has 0 aromatic heterocycles. The number of hydrogen-bond acceptors (Lipinski definition) is 4. The van der Waals surface area contributed by atoms with E-state index in [0.717, 1.165) is 5.56 Å². The second-order valence-electron chi connectivity index (χ2n) is 5.95. The van der Waals surface area contributed by atoms with Gasteiger partial charge in [0.2, 0.25) is 0 Å². The van der Waals surface area contributed by atoms with Gasteiger partial charge in [-0.05, 0) is 42.8 Å². The minimum absolute atomic E-state index is 0.134. The molecule has 0 saturated heterocycles. The molecule has 2 aromatic carbocycles. The first-order valence-electron chi connectivity index (χ1n) is 7.87. The number of halogens is 2. The van der Waals surface area contributed by atoms with Crippen molar-refractivity contribution in [2.75, 3.05) is 12.3 Å². The zero-order valence-electron chi connectivity index (χ0n) is 13.7. The van der Waals surface area contributed by atoms with Crippen molar-refractivity contribution in [3.8, 4) is 0 Å². The molecule has 3 rings (SSSR count). The van der Waals surface area contributed by atoms with Gasteiger partial charge in [0.15, 0.2) is 0 Å². The predicted octanol–water partition coefficient (Wildman–Crippen LogP) is 3.37. The van der Waals surface area contributed by atoms with Crippen LogP contribution in [0.25, 0.3) is 6.08 Å². The van der Waals surface area contributed by atoms with Gasteiger partial charge < -0.3 is 16.5 Å². The first-order chi connectivity index (χ1) is 11.9. The number of nitrogens with one attached hydrogen (secondary N) is 2. The van der Waals surface area contributed by atoms with Gasteiger partial charge >= 0.3 is 0 Å². The minimum Gasteiger partial charge on any atom is -0.398 e. The average molecular weight is 340 g/mol. The first kappa shape index (κ1) is 16.8. The summed E-state index contributed by atoms with van der Waals surface area (Å²) in [6, 6.07) is 8.80. The maximum atomic E-state index is 14.2. The number of aliphatic imine (C=N–C) groups is 1. The summed E-state index contributed by atoms with van der Waals surface area (Å²) in [5.74, 6) is -0.322. The molecule has 1 aliphatic heterocycles. The van der Waals surface area contributed by atoms with Crippen LogP contribution in [0.3, 0.4) is 0 Å². The molecule has 0 spiro atoms. The van der Waals surface area contributed by atoms with Gasteiger partial charge in [0.05, 0.1) is 17.8 Å². The molecule has 2 aromatic rings. The fourth-order valence-electron chi connectivity index (χ4n) is 2.56. The summed E-state index contributed by atoms with van der Waals surface area (Å²) >= 11 is 0. The van der Waals surface area contributed by atoms with Crippen molar-refractivity contribution < 1.29 is 8.78 Å². The summed E-state index contributed by atoms with van der Waals surface area (Å²) in [6.45, 7) is 2.54. The van der Waals surface area contributed by atoms with E-state index < -0.39 is 5.82 Å². The predicted molar refractivity (Wildman–Crippen MR) is 97.1 cm³/mol. The van der Waals surface area contributed by atoms with Gasteiger partial charge in [0.25, 0.3) is 0 Å². The van der Waals surface area contributed by atoms with Gasteiger partial charge in [-0.1, -0.05) is 18.2 Å². The second-order valence-corrected chi connectivity index (χ2v) is 5.95. The van der Waals surface area contributed by atoms with E-state index in [1.54, 1.807) is 24.3 Å². The number of anilines is 1. The Kier molecular flexibility index (Phi) is 4.61. The van der Waals surface area contributed by atoms with E-state index in [-0.39, 0.29) is 23.3 Å². The molecule has 4 N–H and O–H groups in total. The maximum absolute atomic E-state index is 14.2. The summed E-state index contributed by atoms with van der Waals surface area (Å²) in [7, 11) is 0. The van der Waals surface area contributed by atoms with Crippen molar-refractivity contribution in [1.29, 1.82) is 5.41 Å². The molecule has 1 heterocycles. The molecule has 1 aliphatic rings. The van der Waals surface area contributed by atoms with Gasteiger partial charge in [-0.25, -0.2) is 8.78 Å². The van der Waals surface area contributed by atoms with Crippen LogP contribution in [-0.2, 0) is 0 Å². The molecule has 4 nitrogen and oxygen atoms in total. The molecule has 0 saturated carbocycles. The highest BCUT2D eigenvalue weighted by atomic mass is 19.1.